The van der Waals surface area contributed by atoms with E-state index in [1.54, 1.807) is 37.5 Å². The van der Waals surface area contributed by atoms with E-state index in [9.17, 15) is 14.4 Å². The van der Waals surface area contributed by atoms with E-state index < -0.39 is 17.7 Å². The number of alkyl carbamates (subject to hydrolysis) is 1. The third kappa shape index (κ3) is 7.66. The molecule has 0 radical (unpaired) electrons. The molecule has 1 fully saturated rings. The molecule has 1 atom stereocenters. The maximum Gasteiger partial charge on any atom is 0.409 e. The van der Waals surface area contributed by atoms with Crippen LogP contribution >= 0.6 is 22.6 Å². The van der Waals surface area contributed by atoms with Gasteiger partial charge >= 0.3 is 12.2 Å². The average molecular weight is 531 g/mol. The van der Waals surface area contributed by atoms with Crippen molar-refractivity contribution >= 4 is 40.7 Å². The highest BCUT2D eigenvalue weighted by atomic mass is 127. The molecule has 0 bridgehead atoms. The largest absolute Gasteiger partial charge is 0.450 e. The summed E-state index contributed by atoms with van der Waals surface area (Å²) in [5.41, 5.74) is 0.279. The number of nitrogens with zero attached hydrogens (tertiary/aromatic N) is 2. The van der Waals surface area contributed by atoms with Crippen molar-refractivity contribution < 1.29 is 23.9 Å². The summed E-state index contributed by atoms with van der Waals surface area (Å²) < 4.78 is 11.5. The normalized spacial score (nSPS) is 15.4. The third-order valence-electron chi connectivity index (χ3n) is 4.46. The second kappa shape index (κ2) is 10.8. The first-order chi connectivity index (χ1) is 14.1. The molecule has 166 valence electrons. The Labute approximate surface area is 191 Å². The SMILES string of the molecule is CCOC(=O)N1CCN(C(=O)[C@H](Cc2ccc(I)cc2)NC(=O)OC(C)(C)C)CC1. The van der Waals surface area contributed by atoms with E-state index in [0.717, 1.165) is 9.13 Å². The highest BCUT2D eigenvalue weighted by Crippen LogP contribution is 2.13. The molecular weight excluding hydrogens is 501 g/mol. The lowest BCUT2D eigenvalue weighted by atomic mass is 10.0. The topological polar surface area (TPSA) is 88.2 Å². The van der Waals surface area contributed by atoms with Gasteiger partial charge in [0.15, 0.2) is 0 Å². The number of amides is 3. The van der Waals surface area contributed by atoms with Gasteiger partial charge in [0.1, 0.15) is 11.6 Å². The Kier molecular flexibility index (Phi) is 8.75. The van der Waals surface area contributed by atoms with Gasteiger partial charge in [-0.15, -0.1) is 0 Å². The average Bonchev–Trinajstić information content (AvgIpc) is 2.67. The van der Waals surface area contributed by atoms with Gasteiger partial charge in [-0.3, -0.25) is 4.79 Å². The van der Waals surface area contributed by atoms with E-state index in [1.165, 1.54) is 0 Å². The van der Waals surface area contributed by atoms with Crippen molar-refractivity contribution in [2.75, 3.05) is 32.8 Å². The van der Waals surface area contributed by atoms with E-state index in [0.29, 0.717) is 39.2 Å². The molecule has 1 N–H and O–H groups in total. The number of piperazine rings is 1. The number of carbonyl (C=O) groups is 3. The lowest BCUT2D eigenvalue weighted by Gasteiger charge is -2.36. The summed E-state index contributed by atoms with van der Waals surface area (Å²) in [6, 6.07) is 7.05. The summed E-state index contributed by atoms with van der Waals surface area (Å²) in [6.07, 6.45) is -0.643. The Morgan fingerprint density at radius 1 is 1.07 bits per heavy atom. The minimum Gasteiger partial charge on any atom is -0.450 e. The fourth-order valence-electron chi connectivity index (χ4n) is 3.05. The Bertz CT molecular complexity index is 740. The standard InChI is InChI=1S/C21H30IN3O5/c1-5-29-20(28)25-12-10-24(11-13-25)18(26)17(23-19(27)30-21(2,3)4)14-15-6-8-16(22)9-7-15/h6-9,17H,5,10-14H2,1-4H3,(H,23,27)/t17-/m0/s1. The predicted molar refractivity (Wildman–Crippen MR) is 121 cm³/mol. The number of hydrogen-bond donors (Lipinski definition) is 1. The number of carbonyl (C=O) groups excluding carboxylic acids is 3. The van der Waals surface area contributed by atoms with Crippen LogP contribution in [0.2, 0.25) is 0 Å². The van der Waals surface area contributed by atoms with Gasteiger partial charge in [0.25, 0.3) is 0 Å². The van der Waals surface area contributed by atoms with Crippen LogP contribution in [0, 0.1) is 3.57 Å². The monoisotopic (exact) mass is 531 g/mol. The van der Waals surface area contributed by atoms with Crippen molar-refractivity contribution in [3.05, 3.63) is 33.4 Å². The van der Waals surface area contributed by atoms with Gasteiger partial charge in [0, 0.05) is 36.2 Å². The van der Waals surface area contributed by atoms with E-state index >= 15 is 0 Å². The summed E-state index contributed by atoms with van der Waals surface area (Å²) in [6.45, 7) is 8.96. The van der Waals surface area contributed by atoms with Crippen molar-refractivity contribution in [1.82, 2.24) is 15.1 Å². The Hall–Kier alpha value is -2.04. The highest BCUT2D eigenvalue weighted by Gasteiger charge is 2.31. The van der Waals surface area contributed by atoms with Gasteiger partial charge in [-0.1, -0.05) is 12.1 Å². The molecule has 1 heterocycles. The third-order valence-corrected chi connectivity index (χ3v) is 5.18. The summed E-state index contributed by atoms with van der Waals surface area (Å²) in [5.74, 6) is -0.192. The molecule has 9 heteroatoms. The maximum atomic E-state index is 13.2. The second-order valence-corrected chi connectivity index (χ2v) is 9.29. The van der Waals surface area contributed by atoms with Crippen molar-refractivity contribution in [3.8, 4) is 0 Å². The summed E-state index contributed by atoms with van der Waals surface area (Å²) >= 11 is 2.22. The van der Waals surface area contributed by atoms with Crippen LogP contribution in [0.15, 0.2) is 24.3 Å². The van der Waals surface area contributed by atoms with Crippen LogP contribution in [0.3, 0.4) is 0 Å². The van der Waals surface area contributed by atoms with Crippen molar-refractivity contribution in [2.45, 2.75) is 45.8 Å². The van der Waals surface area contributed by atoms with E-state index in [1.807, 2.05) is 24.3 Å². The molecule has 0 saturated carbocycles. The first-order valence-corrected chi connectivity index (χ1v) is 11.1. The van der Waals surface area contributed by atoms with Crippen molar-refractivity contribution in [2.24, 2.45) is 0 Å². The summed E-state index contributed by atoms with van der Waals surface area (Å²) in [4.78, 5) is 40.7. The van der Waals surface area contributed by atoms with Gasteiger partial charge in [-0.25, -0.2) is 9.59 Å². The minimum absolute atomic E-state index is 0.192. The zero-order chi connectivity index (χ0) is 22.3. The molecule has 1 aromatic carbocycles. The molecule has 0 unspecified atom stereocenters. The van der Waals surface area contributed by atoms with Crippen LogP contribution in [0.4, 0.5) is 9.59 Å². The van der Waals surface area contributed by atoms with Crippen LogP contribution < -0.4 is 5.32 Å². The van der Waals surface area contributed by atoms with Crippen LogP contribution in [0.5, 0.6) is 0 Å². The lowest BCUT2D eigenvalue weighted by molar-refractivity contribution is -0.135. The fraction of sp³-hybridized carbons (Fsp3) is 0.571. The lowest BCUT2D eigenvalue weighted by Crippen LogP contribution is -2.56. The van der Waals surface area contributed by atoms with E-state index in [2.05, 4.69) is 27.9 Å². The minimum atomic E-state index is -0.756. The van der Waals surface area contributed by atoms with Crippen LogP contribution in [-0.2, 0) is 20.7 Å². The summed E-state index contributed by atoms with van der Waals surface area (Å²) in [5, 5.41) is 2.73. The molecule has 1 aliphatic rings. The van der Waals surface area contributed by atoms with Crippen molar-refractivity contribution in [3.63, 3.8) is 0 Å². The number of hydrogen-bond acceptors (Lipinski definition) is 5. The van der Waals surface area contributed by atoms with Crippen LogP contribution in [-0.4, -0.2) is 72.3 Å². The van der Waals surface area contributed by atoms with Gasteiger partial charge < -0.3 is 24.6 Å². The number of halogens is 1. The summed E-state index contributed by atoms with van der Waals surface area (Å²) in [7, 11) is 0. The number of rotatable bonds is 5. The van der Waals surface area contributed by atoms with Gasteiger partial charge in [-0.05, 0) is 68.0 Å². The molecule has 2 rings (SSSR count). The van der Waals surface area contributed by atoms with Crippen LogP contribution in [0.25, 0.3) is 0 Å². The van der Waals surface area contributed by atoms with Crippen molar-refractivity contribution in [1.29, 1.82) is 0 Å². The fourth-order valence-corrected chi connectivity index (χ4v) is 3.41. The first kappa shape index (κ1) is 24.2. The molecule has 30 heavy (non-hydrogen) atoms. The molecule has 1 aromatic rings. The highest BCUT2D eigenvalue weighted by molar-refractivity contribution is 14.1. The molecule has 0 aromatic heterocycles. The zero-order valence-corrected chi connectivity index (χ0v) is 20.1. The Balaban J connectivity index is 2.07. The zero-order valence-electron chi connectivity index (χ0n) is 17.9. The predicted octanol–water partition coefficient (Wildman–Crippen LogP) is 3.03. The molecule has 0 aliphatic carbocycles. The molecule has 1 aliphatic heterocycles. The molecule has 0 spiro atoms. The van der Waals surface area contributed by atoms with Gasteiger partial charge in [0.2, 0.25) is 5.91 Å². The number of benzene rings is 1. The molecule has 8 nitrogen and oxygen atoms in total. The molecule has 3 amide bonds. The number of nitrogens with one attached hydrogen (secondary N) is 1. The molecule has 1 saturated heterocycles. The smallest absolute Gasteiger partial charge is 0.409 e. The van der Waals surface area contributed by atoms with Crippen LogP contribution in [0.1, 0.15) is 33.3 Å². The van der Waals surface area contributed by atoms with E-state index in [-0.39, 0.29) is 12.0 Å². The number of ether oxygens (including phenoxy) is 2. The van der Waals surface area contributed by atoms with Gasteiger partial charge in [-0.2, -0.15) is 0 Å². The Morgan fingerprint density at radius 3 is 2.17 bits per heavy atom. The molecular formula is C21H30IN3O5. The maximum absolute atomic E-state index is 13.2. The van der Waals surface area contributed by atoms with E-state index in [4.69, 9.17) is 9.47 Å². The van der Waals surface area contributed by atoms with Gasteiger partial charge in [0.05, 0.1) is 6.61 Å². The Morgan fingerprint density at radius 2 is 1.63 bits per heavy atom. The quantitative estimate of drug-likeness (QED) is 0.591. The first-order valence-electron chi connectivity index (χ1n) is 10.0. The second-order valence-electron chi connectivity index (χ2n) is 8.04.